The highest BCUT2D eigenvalue weighted by atomic mass is 16.2. The van der Waals surface area contributed by atoms with E-state index in [-0.39, 0.29) is 36.9 Å². The fraction of sp³-hybridized carbons (Fsp3) is 0.364. The van der Waals surface area contributed by atoms with Crippen LogP contribution in [0.2, 0.25) is 0 Å². The number of hydrogen-bond donors (Lipinski definition) is 1. The highest BCUT2D eigenvalue weighted by Gasteiger charge is 2.28. The number of allylic oxidation sites excluding steroid dienone is 2. The van der Waals surface area contributed by atoms with Crippen molar-refractivity contribution in [1.82, 2.24) is 9.88 Å². The Kier molecular flexibility index (Phi) is 5.87. The number of benzene rings is 1. The molecule has 3 rings (SSSR count). The number of unbranched alkanes of at least 4 members (excludes halogenated alkanes) is 1. The molecule has 28 heavy (non-hydrogen) atoms. The number of amides is 3. The van der Waals surface area contributed by atoms with Gasteiger partial charge in [0.15, 0.2) is 0 Å². The molecule has 1 aliphatic heterocycles. The molecular weight excluding hydrogens is 354 g/mol. The van der Waals surface area contributed by atoms with E-state index in [1.807, 2.05) is 25.1 Å². The molecule has 6 heteroatoms. The third-order valence-corrected chi connectivity index (χ3v) is 5.12. The number of primary amides is 1. The Hall–Kier alpha value is -3.02. The second-order valence-electron chi connectivity index (χ2n) is 7.06. The summed E-state index contributed by atoms with van der Waals surface area (Å²) in [5, 5.41) is 0.928. The van der Waals surface area contributed by atoms with Crippen molar-refractivity contribution in [2.45, 2.75) is 52.5 Å². The number of likely N-dealkylation sites (tertiary alicyclic amines) is 1. The summed E-state index contributed by atoms with van der Waals surface area (Å²) >= 11 is 0. The molecule has 1 aromatic heterocycles. The van der Waals surface area contributed by atoms with E-state index in [0.717, 1.165) is 41.3 Å². The van der Waals surface area contributed by atoms with Gasteiger partial charge in [0, 0.05) is 18.2 Å². The van der Waals surface area contributed by atoms with Gasteiger partial charge in [-0.1, -0.05) is 31.6 Å². The van der Waals surface area contributed by atoms with Crippen LogP contribution in [0.3, 0.4) is 0 Å². The van der Waals surface area contributed by atoms with Crippen LogP contribution in [-0.4, -0.2) is 27.6 Å². The van der Waals surface area contributed by atoms with E-state index >= 15 is 0 Å². The van der Waals surface area contributed by atoms with E-state index in [0.29, 0.717) is 5.52 Å². The second kappa shape index (κ2) is 8.33. The van der Waals surface area contributed by atoms with Gasteiger partial charge in [-0.2, -0.15) is 0 Å². The molecule has 6 nitrogen and oxygen atoms in total. The lowest BCUT2D eigenvalue weighted by molar-refractivity contribution is -0.139. The Morgan fingerprint density at radius 2 is 1.93 bits per heavy atom. The Morgan fingerprint density at radius 1 is 1.21 bits per heavy atom. The first-order valence-electron chi connectivity index (χ1n) is 9.66. The summed E-state index contributed by atoms with van der Waals surface area (Å²) in [4.78, 5) is 41.3. The van der Waals surface area contributed by atoms with Gasteiger partial charge in [-0.25, -0.2) is 4.98 Å². The number of aromatic nitrogens is 1. The second-order valence-corrected chi connectivity index (χ2v) is 7.06. The first-order chi connectivity index (χ1) is 13.4. The monoisotopic (exact) mass is 379 g/mol. The molecule has 0 aliphatic carbocycles. The molecule has 0 radical (unpaired) electrons. The minimum Gasteiger partial charge on any atom is -0.364 e. The Labute approximate surface area is 164 Å². The highest BCUT2D eigenvalue weighted by Crippen LogP contribution is 2.30. The zero-order valence-corrected chi connectivity index (χ0v) is 16.3. The minimum absolute atomic E-state index is 0.152. The van der Waals surface area contributed by atoms with Crippen LogP contribution in [0.25, 0.3) is 16.5 Å². The number of pyridine rings is 1. The first-order valence-corrected chi connectivity index (χ1v) is 9.66. The zero-order valence-electron chi connectivity index (χ0n) is 16.3. The van der Waals surface area contributed by atoms with E-state index in [1.165, 1.54) is 4.90 Å². The van der Waals surface area contributed by atoms with Gasteiger partial charge in [0.2, 0.25) is 11.8 Å². The predicted octanol–water partition coefficient (Wildman–Crippen LogP) is 3.58. The van der Waals surface area contributed by atoms with Crippen LogP contribution in [-0.2, 0) is 16.1 Å². The number of imide groups is 1. The summed E-state index contributed by atoms with van der Waals surface area (Å²) < 4.78 is 0. The quantitative estimate of drug-likeness (QED) is 0.744. The average Bonchev–Trinajstić information content (AvgIpc) is 3.00. The van der Waals surface area contributed by atoms with Crippen molar-refractivity contribution in [3.05, 3.63) is 47.2 Å². The van der Waals surface area contributed by atoms with Crippen molar-refractivity contribution in [3.63, 3.8) is 0 Å². The molecule has 1 aromatic carbocycles. The summed E-state index contributed by atoms with van der Waals surface area (Å²) in [7, 11) is 0. The van der Waals surface area contributed by atoms with Crippen molar-refractivity contribution < 1.29 is 14.4 Å². The van der Waals surface area contributed by atoms with Crippen molar-refractivity contribution in [1.29, 1.82) is 0 Å². The summed E-state index contributed by atoms with van der Waals surface area (Å²) in [6.45, 7) is 4.35. The van der Waals surface area contributed by atoms with Crippen molar-refractivity contribution in [2.75, 3.05) is 0 Å². The fourth-order valence-electron chi connectivity index (χ4n) is 3.55. The Balaban J connectivity index is 2.05. The number of nitrogens with two attached hydrogens (primary N) is 1. The van der Waals surface area contributed by atoms with E-state index < -0.39 is 5.91 Å². The Bertz CT molecular complexity index is 962. The van der Waals surface area contributed by atoms with Crippen molar-refractivity contribution in [2.24, 2.45) is 5.73 Å². The van der Waals surface area contributed by atoms with Crippen LogP contribution in [0.15, 0.2) is 30.3 Å². The molecule has 1 saturated heterocycles. The number of nitrogens with zero attached hydrogens (tertiary/aromatic N) is 2. The van der Waals surface area contributed by atoms with Crippen LogP contribution in [0.1, 0.15) is 67.6 Å². The smallest absolute Gasteiger partial charge is 0.267 e. The summed E-state index contributed by atoms with van der Waals surface area (Å²) in [5.74, 6) is -0.884. The van der Waals surface area contributed by atoms with E-state index in [2.05, 4.69) is 18.0 Å². The van der Waals surface area contributed by atoms with Gasteiger partial charge in [0.25, 0.3) is 5.91 Å². The maximum atomic E-state index is 11.9. The molecule has 0 bridgehead atoms. The molecule has 0 unspecified atom stereocenters. The van der Waals surface area contributed by atoms with E-state index in [4.69, 9.17) is 5.73 Å². The highest BCUT2D eigenvalue weighted by molar-refractivity contribution is 6.02. The lowest BCUT2D eigenvalue weighted by atomic mass is 9.95. The van der Waals surface area contributed by atoms with Gasteiger partial charge < -0.3 is 5.73 Å². The molecule has 0 atom stereocenters. The van der Waals surface area contributed by atoms with Gasteiger partial charge in [-0.05, 0) is 48.6 Å². The Morgan fingerprint density at radius 3 is 2.54 bits per heavy atom. The van der Waals surface area contributed by atoms with E-state index in [9.17, 15) is 14.4 Å². The van der Waals surface area contributed by atoms with Crippen LogP contribution in [0.4, 0.5) is 0 Å². The average molecular weight is 379 g/mol. The third-order valence-electron chi connectivity index (χ3n) is 5.12. The molecule has 1 aliphatic rings. The normalized spacial score (nSPS) is 14.9. The number of carbonyl (C=O) groups is 3. The molecule has 2 N–H and O–H groups in total. The first kappa shape index (κ1) is 19.7. The number of fused-ring (bicyclic) bond motifs is 1. The van der Waals surface area contributed by atoms with Gasteiger partial charge >= 0.3 is 0 Å². The summed E-state index contributed by atoms with van der Waals surface area (Å²) in [6, 6.07) is 7.43. The topological polar surface area (TPSA) is 93.4 Å². The lowest BCUT2D eigenvalue weighted by Crippen LogP contribution is -2.28. The molecule has 2 aromatic rings. The molecule has 0 spiro atoms. The van der Waals surface area contributed by atoms with Crippen molar-refractivity contribution in [3.8, 4) is 0 Å². The number of rotatable bonds is 7. The fourth-order valence-corrected chi connectivity index (χ4v) is 3.55. The van der Waals surface area contributed by atoms with Crippen molar-refractivity contribution >= 4 is 34.2 Å². The predicted molar refractivity (Wildman–Crippen MR) is 108 cm³/mol. The SMILES string of the molecule is C/C=C(\CCCC)c1cc(C(N)=O)nc2cc(CN3C(=O)CCC3=O)ccc12. The van der Waals surface area contributed by atoms with Crippen LogP contribution < -0.4 is 5.73 Å². The molecule has 3 amide bonds. The van der Waals surface area contributed by atoms with Gasteiger partial charge in [0.1, 0.15) is 5.69 Å². The maximum absolute atomic E-state index is 11.9. The molecule has 1 fully saturated rings. The number of hydrogen-bond acceptors (Lipinski definition) is 4. The molecule has 0 saturated carbocycles. The standard InChI is InChI=1S/C22H25N3O3/c1-3-5-6-15(4-2)17-12-19(22(23)28)24-18-11-14(7-8-16(17)18)13-25-20(26)9-10-21(25)27/h4,7-8,11-12H,3,5-6,9-10,13H2,1-2H3,(H2,23,28)/b15-4+. The molecule has 146 valence electrons. The van der Waals surface area contributed by atoms with Crippen LogP contribution in [0, 0.1) is 0 Å². The summed E-state index contributed by atoms with van der Waals surface area (Å²) in [5.41, 5.74) is 9.25. The van der Waals surface area contributed by atoms with Crippen LogP contribution >= 0.6 is 0 Å². The third kappa shape index (κ3) is 3.96. The minimum atomic E-state index is -0.579. The van der Waals surface area contributed by atoms with Crippen LogP contribution in [0.5, 0.6) is 0 Å². The maximum Gasteiger partial charge on any atom is 0.267 e. The molecular formula is C22H25N3O3. The number of carbonyl (C=O) groups excluding carboxylic acids is 3. The van der Waals surface area contributed by atoms with Gasteiger partial charge in [-0.3, -0.25) is 19.3 Å². The lowest BCUT2D eigenvalue weighted by Gasteiger charge is -2.16. The molecule has 2 heterocycles. The van der Waals surface area contributed by atoms with Gasteiger partial charge in [-0.15, -0.1) is 0 Å². The van der Waals surface area contributed by atoms with E-state index in [1.54, 1.807) is 6.07 Å². The zero-order chi connectivity index (χ0) is 20.3. The van der Waals surface area contributed by atoms with Gasteiger partial charge in [0.05, 0.1) is 12.1 Å². The summed E-state index contributed by atoms with van der Waals surface area (Å²) in [6.07, 6.45) is 5.62. The largest absolute Gasteiger partial charge is 0.364 e.